The quantitative estimate of drug-likeness (QED) is 0.589. The summed E-state index contributed by atoms with van der Waals surface area (Å²) in [6.45, 7) is 9.29. The summed E-state index contributed by atoms with van der Waals surface area (Å²) < 4.78 is 0. The van der Waals surface area contributed by atoms with E-state index in [2.05, 4.69) is 67.5 Å². The molecule has 1 aliphatic rings. The molecule has 0 amide bonds. The summed E-state index contributed by atoms with van der Waals surface area (Å²) in [6, 6.07) is 6.32. The Kier molecular flexibility index (Phi) is 5.64. The zero-order chi connectivity index (χ0) is 20.4. The minimum atomic E-state index is 0.248. The highest BCUT2D eigenvalue weighted by atomic mass is 35.5. The molecule has 9 heteroatoms. The van der Waals surface area contributed by atoms with E-state index in [9.17, 15) is 0 Å². The monoisotopic (exact) mass is 412 g/mol. The van der Waals surface area contributed by atoms with Crippen LogP contribution in [0.15, 0.2) is 30.6 Å². The fourth-order valence-corrected chi connectivity index (χ4v) is 3.72. The van der Waals surface area contributed by atoms with Gasteiger partial charge >= 0.3 is 0 Å². The van der Waals surface area contributed by atoms with E-state index in [1.165, 1.54) is 0 Å². The summed E-state index contributed by atoms with van der Waals surface area (Å²) in [6.07, 6.45) is 3.59. The molecule has 3 aromatic rings. The van der Waals surface area contributed by atoms with E-state index in [4.69, 9.17) is 11.6 Å². The number of aromatic nitrogens is 5. The molecule has 29 heavy (non-hydrogen) atoms. The number of piperazine rings is 1. The molecule has 0 bridgehead atoms. The molecule has 152 valence electrons. The number of nitrogens with one attached hydrogen (secondary N) is 3. The van der Waals surface area contributed by atoms with Crippen molar-refractivity contribution < 1.29 is 0 Å². The van der Waals surface area contributed by atoms with E-state index >= 15 is 0 Å². The molecule has 4 rings (SSSR count). The molecule has 0 spiro atoms. The van der Waals surface area contributed by atoms with Crippen molar-refractivity contribution in [2.45, 2.75) is 32.7 Å². The maximum atomic E-state index is 6.29. The highest BCUT2D eigenvalue weighted by Gasteiger charge is 2.18. The van der Waals surface area contributed by atoms with Crippen LogP contribution in [0.2, 0.25) is 5.15 Å². The number of hydrogen-bond donors (Lipinski definition) is 3. The maximum Gasteiger partial charge on any atom is 0.228 e. The Morgan fingerprint density at radius 1 is 1.24 bits per heavy atom. The Hall–Kier alpha value is -2.71. The highest BCUT2D eigenvalue weighted by Crippen LogP contribution is 2.32. The van der Waals surface area contributed by atoms with Crippen LogP contribution >= 0.6 is 11.6 Å². The molecular formula is C20H25ClN8. The van der Waals surface area contributed by atoms with Crippen LogP contribution in [-0.4, -0.2) is 50.8 Å². The van der Waals surface area contributed by atoms with E-state index in [1.54, 1.807) is 6.20 Å². The van der Waals surface area contributed by atoms with Crippen LogP contribution in [-0.2, 0) is 0 Å². The molecule has 0 aromatic carbocycles. The fourth-order valence-electron chi connectivity index (χ4n) is 3.48. The molecule has 3 N–H and O–H groups in total. The molecule has 3 aromatic heterocycles. The first kappa shape index (κ1) is 19.6. The molecular weight excluding hydrogens is 388 g/mol. The summed E-state index contributed by atoms with van der Waals surface area (Å²) in [5.74, 6) is 1.40. The number of anilines is 3. The van der Waals surface area contributed by atoms with Gasteiger partial charge in [-0.25, -0.2) is 15.0 Å². The van der Waals surface area contributed by atoms with Crippen LogP contribution in [0.5, 0.6) is 0 Å². The minimum Gasteiger partial charge on any atom is -0.367 e. The molecule has 4 heterocycles. The lowest BCUT2D eigenvalue weighted by molar-refractivity contribution is 0.484. The van der Waals surface area contributed by atoms with Crippen LogP contribution in [0.3, 0.4) is 0 Å². The predicted octanol–water partition coefficient (Wildman–Crippen LogP) is 3.58. The van der Waals surface area contributed by atoms with Crippen molar-refractivity contribution >= 4 is 29.1 Å². The van der Waals surface area contributed by atoms with Crippen molar-refractivity contribution in [1.29, 1.82) is 0 Å². The standard InChI is InChI=1S/C20H25ClN8/c1-12(2)18-17(19(21)28-27-18)15-6-7-23-20(25-15)26-16-5-4-14(10-24-16)29-9-8-22-13(3)11-29/h4-7,10,12-13,22H,8-9,11H2,1-3H3,(H,27,28)(H,23,24,25,26)/t13-/m0/s1. The second-order valence-corrected chi connectivity index (χ2v) is 7.91. The molecule has 1 atom stereocenters. The minimum absolute atomic E-state index is 0.248. The normalized spacial score (nSPS) is 17.0. The third kappa shape index (κ3) is 4.33. The average molecular weight is 413 g/mol. The van der Waals surface area contributed by atoms with Gasteiger partial charge in [-0.05, 0) is 31.0 Å². The Morgan fingerprint density at radius 3 is 2.83 bits per heavy atom. The van der Waals surface area contributed by atoms with Gasteiger partial charge in [-0.3, -0.25) is 5.10 Å². The van der Waals surface area contributed by atoms with Crippen molar-refractivity contribution in [1.82, 2.24) is 30.5 Å². The van der Waals surface area contributed by atoms with Crippen LogP contribution in [0, 0.1) is 0 Å². The first-order chi connectivity index (χ1) is 14.0. The summed E-state index contributed by atoms with van der Waals surface area (Å²) in [4.78, 5) is 15.8. The van der Waals surface area contributed by atoms with Crippen molar-refractivity contribution in [3.63, 3.8) is 0 Å². The zero-order valence-corrected chi connectivity index (χ0v) is 17.5. The Morgan fingerprint density at radius 2 is 2.10 bits per heavy atom. The Balaban J connectivity index is 1.52. The smallest absolute Gasteiger partial charge is 0.228 e. The van der Waals surface area contributed by atoms with E-state index in [1.807, 2.05) is 18.3 Å². The molecule has 0 saturated carbocycles. The summed E-state index contributed by atoms with van der Waals surface area (Å²) >= 11 is 6.29. The second-order valence-electron chi connectivity index (χ2n) is 7.55. The first-order valence-corrected chi connectivity index (χ1v) is 10.2. The number of nitrogens with zero attached hydrogens (tertiary/aromatic N) is 5. The fraction of sp³-hybridized carbons (Fsp3) is 0.400. The van der Waals surface area contributed by atoms with Gasteiger partial charge in [-0.15, -0.1) is 0 Å². The first-order valence-electron chi connectivity index (χ1n) is 9.80. The van der Waals surface area contributed by atoms with Gasteiger partial charge in [0.05, 0.1) is 23.1 Å². The number of pyridine rings is 1. The summed E-state index contributed by atoms with van der Waals surface area (Å²) in [5.41, 5.74) is 3.59. The molecule has 0 unspecified atom stereocenters. The van der Waals surface area contributed by atoms with Crippen molar-refractivity contribution in [3.05, 3.63) is 41.4 Å². The van der Waals surface area contributed by atoms with Crippen molar-refractivity contribution in [2.24, 2.45) is 0 Å². The van der Waals surface area contributed by atoms with E-state index in [0.29, 0.717) is 23.0 Å². The van der Waals surface area contributed by atoms with Crippen molar-refractivity contribution in [3.8, 4) is 11.3 Å². The van der Waals surface area contributed by atoms with Gasteiger partial charge < -0.3 is 15.5 Å². The van der Waals surface area contributed by atoms with E-state index in [0.717, 1.165) is 42.3 Å². The van der Waals surface area contributed by atoms with Gasteiger partial charge in [-0.1, -0.05) is 25.4 Å². The van der Waals surface area contributed by atoms with E-state index < -0.39 is 0 Å². The second kappa shape index (κ2) is 8.34. The number of H-pyrrole nitrogens is 1. The predicted molar refractivity (Wildman–Crippen MR) is 116 cm³/mol. The lowest BCUT2D eigenvalue weighted by atomic mass is 10.0. The van der Waals surface area contributed by atoms with Crippen LogP contribution in [0.4, 0.5) is 17.5 Å². The number of aromatic amines is 1. The number of rotatable bonds is 5. The Bertz CT molecular complexity index is 969. The van der Waals surface area contributed by atoms with Crippen LogP contribution < -0.4 is 15.5 Å². The van der Waals surface area contributed by atoms with Gasteiger partial charge in [0.25, 0.3) is 0 Å². The zero-order valence-electron chi connectivity index (χ0n) is 16.8. The van der Waals surface area contributed by atoms with E-state index in [-0.39, 0.29) is 5.92 Å². The third-order valence-corrected chi connectivity index (χ3v) is 5.23. The lowest BCUT2D eigenvalue weighted by Crippen LogP contribution is -2.49. The molecule has 0 radical (unpaired) electrons. The maximum absolute atomic E-state index is 6.29. The third-order valence-electron chi connectivity index (χ3n) is 4.96. The van der Waals surface area contributed by atoms with Gasteiger partial charge in [-0.2, -0.15) is 5.10 Å². The number of halogens is 1. The molecule has 1 saturated heterocycles. The van der Waals surface area contributed by atoms with Crippen LogP contribution in [0.1, 0.15) is 32.4 Å². The van der Waals surface area contributed by atoms with Gasteiger partial charge in [0.2, 0.25) is 5.95 Å². The highest BCUT2D eigenvalue weighted by molar-refractivity contribution is 6.32. The SMILES string of the molecule is CC(C)c1[nH]nc(Cl)c1-c1ccnc(Nc2ccc(N3CCN[C@@H](C)C3)cn2)n1. The number of hydrogen-bond acceptors (Lipinski definition) is 7. The molecule has 8 nitrogen and oxygen atoms in total. The van der Waals surface area contributed by atoms with Gasteiger partial charge in [0, 0.05) is 37.6 Å². The lowest BCUT2D eigenvalue weighted by Gasteiger charge is -2.33. The summed E-state index contributed by atoms with van der Waals surface area (Å²) in [7, 11) is 0. The van der Waals surface area contributed by atoms with Crippen molar-refractivity contribution in [2.75, 3.05) is 29.9 Å². The van der Waals surface area contributed by atoms with Gasteiger partial charge in [0.1, 0.15) is 5.82 Å². The average Bonchev–Trinajstić information content (AvgIpc) is 3.11. The topological polar surface area (TPSA) is 94.7 Å². The van der Waals surface area contributed by atoms with Crippen LogP contribution in [0.25, 0.3) is 11.3 Å². The Labute approximate surface area is 175 Å². The molecule has 0 aliphatic carbocycles. The molecule has 1 aliphatic heterocycles. The molecule has 1 fully saturated rings. The largest absolute Gasteiger partial charge is 0.367 e. The summed E-state index contributed by atoms with van der Waals surface area (Å²) in [5, 5.41) is 14.2. The van der Waals surface area contributed by atoms with Gasteiger partial charge in [0.15, 0.2) is 5.15 Å².